The summed E-state index contributed by atoms with van der Waals surface area (Å²) in [4.78, 5) is 12.1. The average molecular weight is 334 g/mol. The van der Waals surface area contributed by atoms with Crippen molar-refractivity contribution in [2.75, 3.05) is 6.54 Å². The first kappa shape index (κ1) is 16.0. The Morgan fingerprint density at radius 1 is 1.08 bits per heavy atom. The number of nitrogens with one attached hydrogen (secondary N) is 1. The number of hydrogen-bond donors (Lipinski definition) is 1. The van der Waals surface area contributed by atoms with Gasteiger partial charge < -0.3 is 5.32 Å². The van der Waals surface area contributed by atoms with E-state index in [0.29, 0.717) is 17.9 Å². The van der Waals surface area contributed by atoms with Crippen molar-refractivity contribution in [3.8, 4) is 0 Å². The summed E-state index contributed by atoms with van der Waals surface area (Å²) < 4.78 is 40.5. The van der Waals surface area contributed by atoms with Gasteiger partial charge in [0, 0.05) is 19.2 Å². The molecule has 0 unspecified atom stereocenters. The first-order chi connectivity index (χ1) is 11.5. The number of amides is 1. The summed E-state index contributed by atoms with van der Waals surface area (Å²) >= 11 is 0. The van der Waals surface area contributed by atoms with Crippen molar-refractivity contribution in [2.45, 2.75) is 12.6 Å². The minimum atomic E-state index is -4.57. The number of nitrogens with zero attached hydrogens (tertiary/aromatic N) is 3. The van der Waals surface area contributed by atoms with Gasteiger partial charge in [-0.2, -0.15) is 13.2 Å². The summed E-state index contributed by atoms with van der Waals surface area (Å²) in [5, 5.41) is 10.5. The van der Waals surface area contributed by atoms with Crippen LogP contribution in [0.15, 0.2) is 48.7 Å². The van der Waals surface area contributed by atoms with E-state index < -0.39 is 23.2 Å². The highest BCUT2D eigenvalue weighted by Crippen LogP contribution is 2.31. The van der Waals surface area contributed by atoms with Gasteiger partial charge in [-0.05, 0) is 24.3 Å². The number of rotatable bonds is 4. The highest BCUT2D eigenvalue weighted by atomic mass is 19.4. The van der Waals surface area contributed by atoms with Crippen LogP contribution in [0, 0.1) is 0 Å². The molecule has 1 aromatic carbocycles. The second-order valence-corrected chi connectivity index (χ2v) is 5.09. The quantitative estimate of drug-likeness (QED) is 0.798. The molecule has 1 N–H and O–H groups in total. The van der Waals surface area contributed by atoms with Gasteiger partial charge in [-0.25, -0.2) is 0 Å². The molecule has 0 fully saturated rings. The molecule has 5 nitrogen and oxygen atoms in total. The third kappa shape index (κ3) is 3.22. The number of carbonyl (C=O) groups excluding carboxylic acids is 1. The summed E-state index contributed by atoms with van der Waals surface area (Å²) in [6.45, 7) is 0.153. The Kier molecular flexibility index (Phi) is 4.20. The average Bonchev–Trinajstić information content (AvgIpc) is 2.97. The molecule has 0 aliphatic carbocycles. The zero-order chi connectivity index (χ0) is 17.2. The van der Waals surface area contributed by atoms with Gasteiger partial charge >= 0.3 is 6.18 Å². The Bertz CT molecular complexity index is 873. The summed E-state index contributed by atoms with van der Waals surface area (Å²) in [5.41, 5.74) is -0.673. The Hall–Kier alpha value is -2.90. The maximum Gasteiger partial charge on any atom is 0.417 e. The molecule has 0 radical (unpaired) electrons. The third-order valence-corrected chi connectivity index (χ3v) is 3.50. The fourth-order valence-corrected chi connectivity index (χ4v) is 2.37. The van der Waals surface area contributed by atoms with Gasteiger partial charge in [-0.1, -0.05) is 18.2 Å². The number of alkyl halides is 3. The van der Waals surface area contributed by atoms with Gasteiger partial charge in [0.25, 0.3) is 5.91 Å². The Balaban J connectivity index is 1.69. The highest BCUT2D eigenvalue weighted by molar-refractivity contribution is 5.95. The van der Waals surface area contributed by atoms with E-state index in [-0.39, 0.29) is 6.54 Å². The topological polar surface area (TPSA) is 59.3 Å². The monoisotopic (exact) mass is 334 g/mol. The highest BCUT2D eigenvalue weighted by Gasteiger charge is 2.34. The molecule has 2 heterocycles. The van der Waals surface area contributed by atoms with Crippen molar-refractivity contribution < 1.29 is 18.0 Å². The molecular formula is C16H13F3N4O. The van der Waals surface area contributed by atoms with E-state index in [4.69, 9.17) is 0 Å². The number of benzene rings is 1. The molecule has 1 amide bonds. The van der Waals surface area contributed by atoms with Crippen LogP contribution < -0.4 is 5.32 Å². The zero-order valence-electron chi connectivity index (χ0n) is 12.4. The van der Waals surface area contributed by atoms with Gasteiger partial charge in [-0.3, -0.25) is 9.20 Å². The molecule has 8 heteroatoms. The summed E-state index contributed by atoms with van der Waals surface area (Å²) in [6, 6.07) is 10.1. The lowest BCUT2D eigenvalue weighted by Gasteiger charge is -2.12. The normalized spacial score (nSPS) is 11.6. The summed E-state index contributed by atoms with van der Waals surface area (Å²) in [7, 11) is 0. The number of halogens is 3. The predicted molar refractivity (Wildman–Crippen MR) is 80.5 cm³/mol. The van der Waals surface area contributed by atoms with Gasteiger partial charge in [-0.15, -0.1) is 10.2 Å². The molecule has 3 rings (SSSR count). The molecule has 0 bridgehead atoms. The minimum absolute atomic E-state index is 0.153. The Morgan fingerprint density at radius 3 is 2.62 bits per heavy atom. The van der Waals surface area contributed by atoms with Crippen molar-refractivity contribution >= 4 is 11.6 Å². The molecule has 0 saturated heterocycles. The minimum Gasteiger partial charge on any atom is -0.352 e. The van der Waals surface area contributed by atoms with Crippen LogP contribution in [0.5, 0.6) is 0 Å². The van der Waals surface area contributed by atoms with Gasteiger partial charge in [0.15, 0.2) is 5.65 Å². The van der Waals surface area contributed by atoms with Gasteiger partial charge in [0.1, 0.15) is 5.82 Å². The summed E-state index contributed by atoms with van der Waals surface area (Å²) in [5.74, 6) is -0.147. The fourth-order valence-electron chi connectivity index (χ4n) is 2.37. The lowest BCUT2D eigenvalue weighted by molar-refractivity contribution is -0.137. The zero-order valence-corrected chi connectivity index (χ0v) is 12.4. The molecule has 0 saturated carbocycles. The number of hydrogen-bond acceptors (Lipinski definition) is 3. The number of aromatic nitrogens is 3. The smallest absolute Gasteiger partial charge is 0.352 e. The standard InChI is InChI=1S/C16H13F3N4O/c17-16(18,19)12-6-2-1-5-11(12)15(24)20-9-8-14-22-21-13-7-3-4-10-23(13)14/h1-7,10H,8-9H2,(H,20,24). The van der Waals surface area contributed by atoms with E-state index in [9.17, 15) is 18.0 Å². The van der Waals surface area contributed by atoms with Crippen molar-refractivity contribution in [2.24, 2.45) is 0 Å². The molecule has 0 spiro atoms. The van der Waals surface area contributed by atoms with Gasteiger partial charge in [0.05, 0.1) is 11.1 Å². The number of pyridine rings is 1. The molecule has 0 aliphatic rings. The van der Waals surface area contributed by atoms with Crippen LogP contribution in [0.1, 0.15) is 21.7 Å². The molecule has 0 atom stereocenters. The van der Waals surface area contributed by atoms with Crippen LogP contribution in [0.3, 0.4) is 0 Å². The molecule has 3 aromatic rings. The largest absolute Gasteiger partial charge is 0.417 e. The van der Waals surface area contributed by atoms with E-state index in [1.165, 1.54) is 12.1 Å². The van der Waals surface area contributed by atoms with Crippen molar-refractivity contribution in [3.05, 3.63) is 65.6 Å². The maximum atomic E-state index is 12.9. The summed E-state index contributed by atoms with van der Waals surface area (Å²) in [6.07, 6.45) is -2.44. The van der Waals surface area contributed by atoms with Crippen LogP contribution in [-0.4, -0.2) is 27.0 Å². The Labute approximate surface area is 135 Å². The molecule has 124 valence electrons. The van der Waals surface area contributed by atoms with Gasteiger partial charge in [0.2, 0.25) is 0 Å². The lowest BCUT2D eigenvalue weighted by atomic mass is 10.1. The SMILES string of the molecule is O=C(NCCc1nnc2ccccn12)c1ccccc1C(F)(F)F. The van der Waals surface area contributed by atoms with E-state index in [2.05, 4.69) is 15.5 Å². The second-order valence-electron chi connectivity index (χ2n) is 5.09. The number of carbonyl (C=O) groups is 1. The third-order valence-electron chi connectivity index (χ3n) is 3.50. The molecular weight excluding hydrogens is 321 g/mol. The first-order valence-corrected chi connectivity index (χ1v) is 7.20. The van der Waals surface area contributed by atoms with E-state index in [0.717, 1.165) is 12.1 Å². The van der Waals surface area contributed by atoms with Crippen LogP contribution in [-0.2, 0) is 12.6 Å². The maximum absolute atomic E-state index is 12.9. The first-order valence-electron chi connectivity index (χ1n) is 7.20. The fraction of sp³-hybridized carbons (Fsp3) is 0.188. The predicted octanol–water partition coefficient (Wildman–Crippen LogP) is 2.72. The molecule has 2 aromatic heterocycles. The number of fused-ring (bicyclic) bond motifs is 1. The van der Waals surface area contributed by atoms with E-state index in [1.54, 1.807) is 16.7 Å². The van der Waals surface area contributed by atoms with E-state index >= 15 is 0 Å². The van der Waals surface area contributed by atoms with Crippen molar-refractivity contribution in [3.63, 3.8) is 0 Å². The van der Waals surface area contributed by atoms with Crippen molar-refractivity contribution in [1.29, 1.82) is 0 Å². The Morgan fingerprint density at radius 2 is 1.83 bits per heavy atom. The van der Waals surface area contributed by atoms with Crippen LogP contribution in [0.25, 0.3) is 5.65 Å². The van der Waals surface area contributed by atoms with Crippen LogP contribution in [0.4, 0.5) is 13.2 Å². The molecule has 24 heavy (non-hydrogen) atoms. The lowest BCUT2D eigenvalue weighted by Crippen LogP contribution is -2.28. The molecule has 0 aliphatic heterocycles. The van der Waals surface area contributed by atoms with Crippen LogP contribution in [0.2, 0.25) is 0 Å². The van der Waals surface area contributed by atoms with E-state index in [1.807, 2.05) is 12.1 Å². The van der Waals surface area contributed by atoms with Crippen LogP contribution >= 0.6 is 0 Å². The second kappa shape index (κ2) is 6.31. The van der Waals surface area contributed by atoms with Crippen molar-refractivity contribution in [1.82, 2.24) is 19.9 Å².